The molecule has 1 heterocycles. The number of hydrogen-bond donors (Lipinski definition) is 1. The molecular formula is C18H20N2. The van der Waals surface area contributed by atoms with Crippen LogP contribution in [0, 0.1) is 0 Å². The summed E-state index contributed by atoms with van der Waals surface area (Å²) in [5.41, 5.74) is 10.6. The van der Waals surface area contributed by atoms with Gasteiger partial charge in [0.05, 0.1) is 5.52 Å². The van der Waals surface area contributed by atoms with E-state index in [2.05, 4.69) is 61.0 Å². The predicted molar refractivity (Wildman–Crippen MR) is 86.0 cm³/mol. The minimum Gasteiger partial charge on any atom is -0.399 e. The highest BCUT2D eigenvalue weighted by molar-refractivity contribution is 5.83. The first-order valence-electron chi connectivity index (χ1n) is 7.07. The van der Waals surface area contributed by atoms with Crippen LogP contribution in [0.5, 0.6) is 0 Å². The van der Waals surface area contributed by atoms with E-state index in [1.54, 1.807) is 0 Å². The minimum absolute atomic E-state index is 0.580. The third kappa shape index (κ3) is 2.42. The van der Waals surface area contributed by atoms with Crippen LogP contribution in [0.25, 0.3) is 10.9 Å². The van der Waals surface area contributed by atoms with Gasteiger partial charge in [0.15, 0.2) is 0 Å². The van der Waals surface area contributed by atoms with Gasteiger partial charge in [0.25, 0.3) is 0 Å². The number of aromatic nitrogens is 1. The van der Waals surface area contributed by atoms with Crippen LogP contribution in [0.4, 0.5) is 5.69 Å². The van der Waals surface area contributed by atoms with Crippen molar-refractivity contribution in [1.82, 2.24) is 4.57 Å². The molecule has 0 radical (unpaired) electrons. The Morgan fingerprint density at radius 1 is 1.00 bits per heavy atom. The van der Waals surface area contributed by atoms with Gasteiger partial charge < -0.3 is 10.3 Å². The normalized spacial score (nSPS) is 11.3. The standard InChI is InChI=1S/C18H20N2/c1-13(2)15-5-3-14(4-6-15)12-20-10-9-16-7-8-17(19)11-18(16)20/h3-11,13H,12,19H2,1-2H3. The zero-order valence-corrected chi connectivity index (χ0v) is 12.0. The number of nitrogens with zero attached hydrogens (tertiary/aromatic N) is 1. The van der Waals surface area contributed by atoms with Gasteiger partial charge in [-0.25, -0.2) is 0 Å². The van der Waals surface area contributed by atoms with Crippen molar-refractivity contribution >= 4 is 16.6 Å². The maximum atomic E-state index is 5.89. The van der Waals surface area contributed by atoms with Crippen molar-refractivity contribution in [3.05, 3.63) is 65.9 Å². The molecule has 2 nitrogen and oxygen atoms in total. The third-order valence-electron chi connectivity index (χ3n) is 3.80. The van der Waals surface area contributed by atoms with E-state index in [0.717, 1.165) is 12.2 Å². The lowest BCUT2D eigenvalue weighted by Gasteiger charge is -2.09. The fraction of sp³-hybridized carbons (Fsp3) is 0.222. The molecule has 0 aliphatic carbocycles. The summed E-state index contributed by atoms with van der Waals surface area (Å²) in [5.74, 6) is 0.580. The lowest BCUT2D eigenvalue weighted by Crippen LogP contribution is -1.99. The summed E-state index contributed by atoms with van der Waals surface area (Å²) in [6.07, 6.45) is 2.13. The van der Waals surface area contributed by atoms with Gasteiger partial charge in [-0.05, 0) is 40.6 Å². The molecule has 20 heavy (non-hydrogen) atoms. The van der Waals surface area contributed by atoms with E-state index in [-0.39, 0.29) is 0 Å². The molecule has 0 aliphatic heterocycles. The number of benzene rings is 2. The molecule has 0 fully saturated rings. The SMILES string of the molecule is CC(C)c1ccc(Cn2ccc3ccc(N)cc32)cc1. The summed E-state index contributed by atoms with van der Waals surface area (Å²) in [5, 5.41) is 1.23. The second-order valence-corrected chi connectivity index (χ2v) is 5.66. The highest BCUT2D eigenvalue weighted by Gasteiger charge is 2.03. The van der Waals surface area contributed by atoms with Gasteiger partial charge >= 0.3 is 0 Å². The Morgan fingerprint density at radius 2 is 1.75 bits per heavy atom. The number of nitrogens with two attached hydrogens (primary N) is 1. The number of nitrogen functional groups attached to an aromatic ring is 1. The Hall–Kier alpha value is -2.22. The molecule has 102 valence electrons. The Bertz CT molecular complexity index is 721. The van der Waals surface area contributed by atoms with Crippen LogP contribution in [0.1, 0.15) is 30.9 Å². The molecule has 2 heteroatoms. The van der Waals surface area contributed by atoms with E-state index in [1.807, 2.05) is 12.1 Å². The van der Waals surface area contributed by atoms with Gasteiger partial charge in [-0.2, -0.15) is 0 Å². The molecule has 0 bridgehead atoms. The van der Waals surface area contributed by atoms with Gasteiger partial charge in [0.2, 0.25) is 0 Å². The van der Waals surface area contributed by atoms with Crippen LogP contribution in [0.3, 0.4) is 0 Å². The quantitative estimate of drug-likeness (QED) is 0.699. The van der Waals surface area contributed by atoms with Crippen molar-refractivity contribution in [3.8, 4) is 0 Å². The number of anilines is 1. The fourth-order valence-electron chi connectivity index (χ4n) is 2.54. The highest BCUT2D eigenvalue weighted by Crippen LogP contribution is 2.21. The van der Waals surface area contributed by atoms with Crippen LogP contribution in [-0.2, 0) is 6.54 Å². The topological polar surface area (TPSA) is 30.9 Å². The third-order valence-corrected chi connectivity index (χ3v) is 3.80. The molecule has 0 atom stereocenters. The van der Waals surface area contributed by atoms with Gasteiger partial charge in [-0.3, -0.25) is 0 Å². The van der Waals surface area contributed by atoms with Crippen LogP contribution in [0.2, 0.25) is 0 Å². The molecule has 3 aromatic rings. The maximum Gasteiger partial charge on any atom is 0.0504 e. The molecule has 2 aromatic carbocycles. The maximum absolute atomic E-state index is 5.89. The van der Waals surface area contributed by atoms with Crippen molar-refractivity contribution in [1.29, 1.82) is 0 Å². The van der Waals surface area contributed by atoms with E-state index in [9.17, 15) is 0 Å². The fourth-order valence-corrected chi connectivity index (χ4v) is 2.54. The lowest BCUT2D eigenvalue weighted by molar-refractivity contribution is 0.829. The first-order chi connectivity index (χ1) is 9.63. The van der Waals surface area contributed by atoms with Crippen LogP contribution >= 0.6 is 0 Å². The van der Waals surface area contributed by atoms with E-state index in [4.69, 9.17) is 5.73 Å². The molecule has 0 amide bonds. The largest absolute Gasteiger partial charge is 0.399 e. The molecule has 0 aliphatic rings. The Labute approximate surface area is 119 Å². The lowest BCUT2D eigenvalue weighted by atomic mass is 10.0. The van der Waals surface area contributed by atoms with Crippen LogP contribution in [0.15, 0.2) is 54.7 Å². The summed E-state index contributed by atoms with van der Waals surface area (Å²) < 4.78 is 2.25. The van der Waals surface area contributed by atoms with Crippen molar-refractivity contribution in [3.63, 3.8) is 0 Å². The van der Waals surface area contributed by atoms with Gasteiger partial charge in [-0.15, -0.1) is 0 Å². The highest BCUT2D eigenvalue weighted by atomic mass is 14.9. The van der Waals surface area contributed by atoms with Crippen molar-refractivity contribution < 1.29 is 0 Å². The van der Waals surface area contributed by atoms with Gasteiger partial charge in [0.1, 0.15) is 0 Å². The summed E-state index contributed by atoms with van der Waals surface area (Å²) in [4.78, 5) is 0. The molecule has 3 rings (SSSR count). The zero-order chi connectivity index (χ0) is 14.1. The van der Waals surface area contributed by atoms with E-state index in [0.29, 0.717) is 5.92 Å². The molecule has 0 saturated carbocycles. The molecule has 0 spiro atoms. The number of hydrogen-bond acceptors (Lipinski definition) is 1. The van der Waals surface area contributed by atoms with Crippen molar-refractivity contribution in [2.24, 2.45) is 0 Å². The Kier molecular flexibility index (Phi) is 3.23. The van der Waals surface area contributed by atoms with Crippen molar-refractivity contribution in [2.75, 3.05) is 5.73 Å². The Morgan fingerprint density at radius 3 is 2.45 bits per heavy atom. The molecule has 1 aromatic heterocycles. The minimum atomic E-state index is 0.580. The Balaban J connectivity index is 1.91. The van der Waals surface area contributed by atoms with E-state index < -0.39 is 0 Å². The van der Waals surface area contributed by atoms with E-state index in [1.165, 1.54) is 22.0 Å². The van der Waals surface area contributed by atoms with Gasteiger partial charge in [0, 0.05) is 18.4 Å². The van der Waals surface area contributed by atoms with Gasteiger partial charge in [-0.1, -0.05) is 44.2 Å². The number of rotatable bonds is 3. The molecular weight excluding hydrogens is 244 g/mol. The molecule has 0 unspecified atom stereocenters. The zero-order valence-electron chi connectivity index (χ0n) is 12.0. The summed E-state index contributed by atoms with van der Waals surface area (Å²) >= 11 is 0. The van der Waals surface area contributed by atoms with Crippen molar-refractivity contribution in [2.45, 2.75) is 26.3 Å². The average molecular weight is 264 g/mol. The number of fused-ring (bicyclic) bond motifs is 1. The molecule has 0 saturated heterocycles. The first-order valence-corrected chi connectivity index (χ1v) is 7.07. The van der Waals surface area contributed by atoms with E-state index >= 15 is 0 Å². The van der Waals surface area contributed by atoms with Crippen LogP contribution in [-0.4, -0.2) is 4.57 Å². The monoisotopic (exact) mass is 264 g/mol. The first kappa shape index (κ1) is 12.8. The predicted octanol–water partition coefficient (Wildman–Crippen LogP) is 4.40. The summed E-state index contributed by atoms with van der Waals surface area (Å²) in [7, 11) is 0. The molecule has 2 N–H and O–H groups in total. The average Bonchev–Trinajstić information content (AvgIpc) is 2.82. The summed E-state index contributed by atoms with van der Waals surface area (Å²) in [6, 6.07) is 17.1. The second kappa shape index (κ2) is 5.04. The van der Waals surface area contributed by atoms with Crippen LogP contribution < -0.4 is 5.73 Å². The summed E-state index contributed by atoms with van der Waals surface area (Å²) in [6.45, 7) is 5.32. The smallest absolute Gasteiger partial charge is 0.0504 e. The second-order valence-electron chi connectivity index (χ2n) is 5.66.